The van der Waals surface area contributed by atoms with Crippen LogP contribution in [0.3, 0.4) is 0 Å². The molecule has 0 spiro atoms. The molecular weight excluding hydrogens is 230 g/mol. The van der Waals surface area contributed by atoms with Crippen LogP contribution in [0.25, 0.3) is 0 Å². The van der Waals surface area contributed by atoms with Gasteiger partial charge in [0.05, 0.1) is 18.9 Å². The molecule has 0 saturated heterocycles. The quantitative estimate of drug-likeness (QED) is 0.807. The minimum Gasteiger partial charge on any atom is -0.495 e. The lowest BCUT2D eigenvalue weighted by Crippen LogP contribution is -2.14. The third kappa shape index (κ3) is 2.57. The van der Waals surface area contributed by atoms with E-state index in [-0.39, 0.29) is 5.91 Å². The van der Waals surface area contributed by atoms with Gasteiger partial charge in [-0.25, -0.2) is 4.98 Å². The molecule has 2 rings (SSSR count). The number of nitrogens with one attached hydrogen (secondary N) is 1. The number of nitrogens with two attached hydrogens (primary N) is 1. The summed E-state index contributed by atoms with van der Waals surface area (Å²) in [6.45, 7) is 0. The van der Waals surface area contributed by atoms with Crippen LogP contribution in [-0.2, 0) is 0 Å². The molecule has 2 aromatic rings. The lowest BCUT2D eigenvalue weighted by Gasteiger charge is -2.07. The Kier molecular flexibility index (Phi) is 3.43. The average Bonchev–Trinajstić information content (AvgIpc) is 2.40. The van der Waals surface area contributed by atoms with Gasteiger partial charge in [0.1, 0.15) is 11.6 Å². The van der Waals surface area contributed by atoms with Crippen LogP contribution in [0, 0.1) is 0 Å². The number of benzene rings is 1. The number of nitrogen functional groups attached to an aromatic ring is 1. The standard InChI is InChI=1S/C13H13N3O2/c1-18-9-6-7-12(15-8-9)16-13(17)10-4-2-3-5-11(10)14/h2-8H,14H2,1H3,(H,15,16,17). The van der Waals surface area contributed by atoms with E-state index < -0.39 is 0 Å². The van der Waals surface area contributed by atoms with E-state index in [1.807, 2.05) is 0 Å². The van der Waals surface area contributed by atoms with Gasteiger partial charge < -0.3 is 15.8 Å². The molecule has 1 amide bonds. The maximum absolute atomic E-state index is 11.9. The van der Waals surface area contributed by atoms with Crippen LogP contribution in [0.2, 0.25) is 0 Å². The number of pyridine rings is 1. The van der Waals surface area contributed by atoms with Gasteiger partial charge in [0.15, 0.2) is 0 Å². The first kappa shape index (κ1) is 11.9. The summed E-state index contributed by atoms with van der Waals surface area (Å²) >= 11 is 0. The number of rotatable bonds is 3. The predicted octanol–water partition coefficient (Wildman–Crippen LogP) is 1.92. The molecule has 1 aromatic carbocycles. The Labute approximate surface area is 105 Å². The van der Waals surface area contributed by atoms with Gasteiger partial charge in [-0.1, -0.05) is 12.1 Å². The lowest BCUT2D eigenvalue weighted by atomic mass is 10.1. The first-order chi connectivity index (χ1) is 8.70. The van der Waals surface area contributed by atoms with Crippen molar-refractivity contribution < 1.29 is 9.53 Å². The number of aromatic nitrogens is 1. The van der Waals surface area contributed by atoms with E-state index in [0.29, 0.717) is 22.8 Å². The highest BCUT2D eigenvalue weighted by molar-refractivity contribution is 6.07. The third-order valence-electron chi connectivity index (χ3n) is 2.42. The molecule has 5 nitrogen and oxygen atoms in total. The molecule has 0 bridgehead atoms. The summed E-state index contributed by atoms with van der Waals surface area (Å²) in [5.74, 6) is 0.794. The minimum absolute atomic E-state index is 0.286. The van der Waals surface area contributed by atoms with Gasteiger partial charge in [0.2, 0.25) is 0 Å². The number of carbonyl (C=O) groups excluding carboxylic acids is 1. The van der Waals surface area contributed by atoms with E-state index in [2.05, 4.69) is 10.3 Å². The van der Waals surface area contributed by atoms with Crippen LogP contribution in [0.1, 0.15) is 10.4 Å². The summed E-state index contributed by atoms with van der Waals surface area (Å²) in [6.07, 6.45) is 1.53. The zero-order chi connectivity index (χ0) is 13.0. The van der Waals surface area contributed by atoms with E-state index in [1.54, 1.807) is 43.5 Å². The molecule has 0 atom stereocenters. The van der Waals surface area contributed by atoms with E-state index >= 15 is 0 Å². The smallest absolute Gasteiger partial charge is 0.258 e. The van der Waals surface area contributed by atoms with Crippen molar-refractivity contribution in [3.05, 3.63) is 48.2 Å². The van der Waals surface area contributed by atoms with Crippen molar-refractivity contribution in [2.75, 3.05) is 18.2 Å². The van der Waals surface area contributed by atoms with Crippen molar-refractivity contribution in [1.29, 1.82) is 0 Å². The molecule has 0 radical (unpaired) electrons. The Morgan fingerprint density at radius 1 is 1.28 bits per heavy atom. The first-order valence-electron chi connectivity index (χ1n) is 5.36. The Morgan fingerprint density at radius 2 is 2.06 bits per heavy atom. The van der Waals surface area contributed by atoms with Gasteiger partial charge in [-0.2, -0.15) is 0 Å². The highest BCUT2D eigenvalue weighted by Crippen LogP contribution is 2.15. The molecule has 1 heterocycles. The number of hydrogen-bond donors (Lipinski definition) is 2. The number of nitrogens with zero attached hydrogens (tertiary/aromatic N) is 1. The van der Waals surface area contributed by atoms with E-state index in [1.165, 1.54) is 6.20 Å². The number of anilines is 2. The van der Waals surface area contributed by atoms with Gasteiger partial charge in [-0.05, 0) is 24.3 Å². The van der Waals surface area contributed by atoms with Crippen molar-refractivity contribution in [2.45, 2.75) is 0 Å². The van der Waals surface area contributed by atoms with Gasteiger partial charge in [-0.3, -0.25) is 4.79 Å². The van der Waals surface area contributed by atoms with Crippen LogP contribution in [-0.4, -0.2) is 18.0 Å². The summed E-state index contributed by atoms with van der Waals surface area (Å²) in [5, 5.41) is 2.66. The van der Waals surface area contributed by atoms with Crippen molar-refractivity contribution in [3.8, 4) is 5.75 Å². The molecule has 0 fully saturated rings. The predicted molar refractivity (Wildman–Crippen MR) is 69.6 cm³/mol. The molecule has 0 saturated carbocycles. The molecular formula is C13H13N3O2. The van der Waals surface area contributed by atoms with Gasteiger partial charge in [-0.15, -0.1) is 0 Å². The summed E-state index contributed by atoms with van der Waals surface area (Å²) < 4.78 is 4.98. The number of carbonyl (C=O) groups is 1. The maximum Gasteiger partial charge on any atom is 0.258 e. The van der Waals surface area contributed by atoms with Crippen LogP contribution in [0.5, 0.6) is 5.75 Å². The number of para-hydroxylation sites is 1. The van der Waals surface area contributed by atoms with Crippen molar-refractivity contribution in [3.63, 3.8) is 0 Å². The lowest BCUT2D eigenvalue weighted by molar-refractivity contribution is 0.102. The van der Waals surface area contributed by atoms with Crippen LogP contribution in [0.15, 0.2) is 42.6 Å². The molecule has 0 unspecified atom stereocenters. The molecule has 0 aliphatic rings. The second-order valence-corrected chi connectivity index (χ2v) is 3.62. The maximum atomic E-state index is 11.9. The number of ether oxygens (including phenoxy) is 1. The second kappa shape index (κ2) is 5.18. The summed E-state index contributed by atoms with van der Waals surface area (Å²) in [4.78, 5) is 16.0. The van der Waals surface area contributed by atoms with Crippen molar-refractivity contribution >= 4 is 17.4 Å². The van der Waals surface area contributed by atoms with E-state index in [0.717, 1.165) is 0 Å². The summed E-state index contributed by atoms with van der Waals surface area (Å²) in [5.41, 5.74) is 6.58. The summed E-state index contributed by atoms with van der Waals surface area (Å²) in [6, 6.07) is 10.3. The van der Waals surface area contributed by atoms with Gasteiger partial charge in [0, 0.05) is 5.69 Å². The first-order valence-corrected chi connectivity index (χ1v) is 5.36. The molecule has 0 aliphatic carbocycles. The zero-order valence-corrected chi connectivity index (χ0v) is 9.88. The Hall–Kier alpha value is -2.56. The molecule has 92 valence electrons. The van der Waals surface area contributed by atoms with Crippen molar-refractivity contribution in [2.24, 2.45) is 0 Å². The number of methoxy groups -OCH3 is 1. The molecule has 1 aromatic heterocycles. The van der Waals surface area contributed by atoms with E-state index in [4.69, 9.17) is 10.5 Å². The van der Waals surface area contributed by atoms with Crippen LogP contribution in [0.4, 0.5) is 11.5 Å². The molecule has 3 N–H and O–H groups in total. The number of amides is 1. The Morgan fingerprint density at radius 3 is 2.67 bits per heavy atom. The monoisotopic (exact) mass is 243 g/mol. The average molecular weight is 243 g/mol. The normalized spacial score (nSPS) is 9.83. The fraction of sp³-hybridized carbons (Fsp3) is 0.0769. The minimum atomic E-state index is -0.286. The van der Waals surface area contributed by atoms with Crippen molar-refractivity contribution in [1.82, 2.24) is 4.98 Å². The highest BCUT2D eigenvalue weighted by Gasteiger charge is 2.09. The summed E-state index contributed by atoms with van der Waals surface area (Å²) in [7, 11) is 1.56. The molecule has 18 heavy (non-hydrogen) atoms. The fourth-order valence-electron chi connectivity index (χ4n) is 1.46. The fourth-order valence-corrected chi connectivity index (χ4v) is 1.46. The third-order valence-corrected chi connectivity index (χ3v) is 2.42. The second-order valence-electron chi connectivity index (χ2n) is 3.62. The zero-order valence-electron chi connectivity index (χ0n) is 9.88. The molecule has 0 aliphatic heterocycles. The van der Waals surface area contributed by atoms with Crippen LogP contribution < -0.4 is 15.8 Å². The largest absolute Gasteiger partial charge is 0.495 e. The highest BCUT2D eigenvalue weighted by atomic mass is 16.5. The van der Waals surface area contributed by atoms with E-state index in [9.17, 15) is 4.79 Å². The topological polar surface area (TPSA) is 77.2 Å². The van der Waals surface area contributed by atoms with Crippen LogP contribution >= 0.6 is 0 Å². The SMILES string of the molecule is COc1ccc(NC(=O)c2ccccc2N)nc1. The Balaban J connectivity index is 2.14. The van der Waals surface area contributed by atoms with Gasteiger partial charge >= 0.3 is 0 Å². The number of hydrogen-bond acceptors (Lipinski definition) is 4. The molecule has 5 heteroatoms. The Bertz CT molecular complexity index is 552. The van der Waals surface area contributed by atoms with Gasteiger partial charge in [0.25, 0.3) is 5.91 Å².